The molecule has 232 valence electrons. The van der Waals surface area contributed by atoms with Crippen LogP contribution in [0.15, 0.2) is 54.7 Å². The Balaban J connectivity index is 1.21. The van der Waals surface area contributed by atoms with Gasteiger partial charge in [0.1, 0.15) is 11.6 Å². The van der Waals surface area contributed by atoms with Crippen molar-refractivity contribution in [3.63, 3.8) is 0 Å². The van der Waals surface area contributed by atoms with Gasteiger partial charge < -0.3 is 14.2 Å². The molecule has 4 aromatic rings. The summed E-state index contributed by atoms with van der Waals surface area (Å²) in [7, 11) is 0.746. The van der Waals surface area contributed by atoms with E-state index in [0.717, 1.165) is 44.8 Å². The first-order valence-electron chi connectivity index (χ1n) is 14.9. The van der Waals surface area contributed by atoms with E-state index in [1.165, 1.54) is 12.1 Å². The number of hydrogen-bond acceptors (Lipinski definition) is 8. The summed E-state index contributed by atoms with van der Waals surface area (Å²) in [5.74, 6) is 1.06. The Labute approximate surface area is 258 Å². The van der Waals surface area contributed by atoms with Crippen LogP contribution >= 0.6 is 0 Å². The van der Waals surface area contributed by atoms with E-state index in [2.05, 4.69) is 9.88 Å². The summed E-state index contributed by atoms with van der Waals surface area (Å²) in [5, 5.41) is 0. The lowest BCUT2D eigenvalue weighted by atomic mass is 10.0. The molecule has 0 atom stereocenters. The second-order valence-corrected chi connectivity index (χ2v) is 12.7. The molecule has 2 saturated heterocycles. The molecule has 0 radical (unpaired) electrons. The second-order valence-electron chi connectivity index (χ2n) is 11.0. The molecule has 2 fully saturated rings. The molecular weight excluding hydrogens is 586 g/mol. The summed E-state index contributed by atoms with van der Waals surface area (Å²) in [5.41, 5.74) is 3.52. The highest BCUT2D eigenvalue weighted by Gasteiger charge is 2.21. The van der Waals surface area contributed by atoms with Crippen LogP contribution < -0.4 is 9.47 Å². The van der Waals surface area contributed by atoms with Gasteiger partial charge in [-0.25, -0.2) is 13.8 Å². The van der Waals surface area contributed by atoms with Crippen LogP contribution in [-0.4, -0.2) is 95.1 Å². The van der Waals surface area contributed by atoms with E-state index in [1.54, 1.807) is 25.4 Å². The largest absolute Gasteiger partial charge is 0.493 e. The number of para-hydroxylation sites is 1. The van der Waals surface area contributed by atoms with Crippen molar-refractivity contribution in [3.8, 4) is 33.9 Å². The number of nitrogens with zero attached hydrogens (tertiary/aromatic N) is 4. The van der Waals surface area contributed by atoms with E-state index < -0.39 is 22.4 Å². The van der Waals surface area contributed by atoms with Crippen LogP contribution in [-0.2, 0) is 22.1 Å². The fourth-order valence-corrected chi connectivity index (χ4v) is 6.74. The molecular formula is C33H36F2N4O4S. The van der Waals surface area contributed by atoms with Crippen molar-refractivity contribution in [2.24, 2.45) is 0 Å². The molecule has 0 bridgehead atoms. The highest BCUT2D eigenvalue weighted by molar-refractivity contribution is 7.85. The third-order valence-corrected chi connectivity index (χ3v) is 9.39. The predicted octanol–water partition coefficient (Wildman–Crippen LogP) is 4.92. The molecule has 0 N–H and O–H groups in total. The lowest BCUT2D eigenvalue weighted by Gasteiger charge is -2.26. The summed E-state index contributed by atoms with van der Waals surface area (Å²) < 4.78 is 59.3. The number of aromatic nitrogens is 2. The first-order valence-corrected chi connectivity index (χ1v) is 16.4. The van der Waals surface area contributed by atoms with Crippen LogP contribution in [0.1, 0.15) is 12.0 Å². The van der Waals surface area contributed by atoms with Crippen LogP contribution in [0.25, 0.3) is 33.4 Å². The van der Waals surface area contributed by atoms with Gasteiger partial charge in [0.2, 0.25) is 0 Å². The number of methoxy groups -OCH3 is 1. The van der Waals surface area contributed by atoms with Gasteiger partial charge in [0.15, 0.2) is 11.5 Å². The van der Waals surface area contributed by atoms with Crippen LogP contribution in [0.2, 0.25) is 0 Å². The summed E-state index contributed by atoms with van der Waals surface area (Å²) in [6.45, 7) is 6.23. The number of halogens is 2. The Kier molecular flexibility index (Phi) is 9.76. The van der Waals surface area contributed by atoms with Crippen LogP contribution in [0.4, 0.5) is 8.78 Å². The van der Waals surface area contributed by atoms with Gasteiger partial charge in [-0.1, -0.05) is 12.1 Å². The molecule has 2 aliphatic rings. The molecule has 3 aromatic carbocycles. The molecule has 8 nitrogen and oxygen atoms in total. The maximum Gasteiger partial charge on any atom is 0.161 e. The van der Waals surface area contributed by atoms with E-state index in [4.69, 9.17) is 19.2 Å². The standard InChI is InChI=1S/C33H36F2N4O4S/c1-41-32-20-23(6-7-31(32)43-13-3-8-38-9-14-42-15-10-38)30-21-36-29-5-2-4-25(33(29)37-30)24-18-27(34)26(28(35)19-24)22-39-11-16-44(40)17-12-39/h2,4-7,18-21H,3,8-17,22H2,1H3. The molecule has 3 heterocycles. The molecule has 0 unspecified atom stereocenters. The average molecular weight is 623 g/mol. The third-order valence-electron chi connectivity index (χ3n) is 8.12. The molecule has 11 heteroatoms. The Hall–Kier alpha value is -3.51. The smallest absolute Gasteiger partial charge is 0.161 e. The maximum absolute atomic E-state index is 15.3. The summed E-state index contributed by atoms with van der Waals surface area (Å²) in [6, 6.07) is 13.8. The lowest BCUT2D eigenvalue weighted by Crippen LogP contribution is -2.37. The van der Waals surface area contributed by atoms with Crippen molar-refractivity contribution < 1.29 is 27.2 Å². The number of ether oxygens (including phenoxy) is 3. The van der Waals surface area contributed by atoms with Gasteiger partial charge in [0.05, 0.1) is 49.9 Å². The van der Waals surface area contributed by atoms with Crippen LogP contribution in [0.5, 0.6) is 11.5 Å². The Morgan fingerprint density at radius 1 is 0.932 bits per heavy atom. The van der Waals surface area contributed by atoms with Gasteiger partial charge in [0.25, 0.3) is 0 Å². The van der Waals surface area contributed by atoms with Crippen molar-refractivity contribution in [2.75, 3.05) is 71.2 Å². The third kappa shape index (κ3) is 7.07. The molecule has 0 aliphatic carbocycles. The average Bonchev–Trinajstić information content (AvgIpc) is 3.05. The van der Waals surface area contributed by atoms with Gasteiger partial charge in [-0.05, 0) is 48.4 Å². The van der Waals surface area contributed by atoms with Crippen LogP contribution in [0.3, 0.4) is 0 Å². The second kappa shape index (κ2) is 14.1. The first kappa shape index (κ1) is 30.5. The van der Waals surface area contributed by atoms with Crippen LogP contribution in [0, 0.1) is 11.6 Å². The molecule has 6 rings (SSSR count). The minimum Gasteiger partial charge on any atom is -0.493 e. The Morgan fingerprint density at radius 2 is 1.70 bits per heavy atom. The summed E-state index contributed by atoms with van der Waals surface area (Å²) >= 11 is 0. The van der Waals surface area contributed by atoms with Gasteiger partial charge >= 0.3 is 0 Å². The molecule has 44 heavy (non-hydrogen) atoms. The minimum absolute atomic E-state index is 0.0175. The highest BCUT2D eigenvalue weighted by atomic mass is 32.2. The number of fused-ring (bicyclic) bond motifs is 1. The van der Waals surface area contributed by atoms with Gasteiger partial charge in [-0.15, -0.1) is 0 Å². The molecule has 1 aromatic heterocycles. The van der Waals surface area contributed by atoms with E-state index in [1.807, 2.05) is 29.2 Å². The van der Waals surface area contributed by atoms with Crippen molar-refractivity contribution in [1.29, 1.82) is 0 Å². The number of rotatable bonds is 10. The summed E-state index contributed by atoms with van der Waals surface area (Å²) in [6.07, 6.45) is 2.58. The van der Waals surface area contributed by atoms with Gasteiger partial charge in [-0.2, -0.15) is 0 Å². The monoisotopic (exact) mass is 622 g/mol. The zero-order valence-corrected chi connectivity index (χ0v) is 25.6. The lowest BCUT2D eigenvalue weighted by molar-refractivity contribution is 0.0357. The Morgan fingerprint density at radius 3 is 2.45 bits per heavy atom. The summed E-state index contributed by atoms with van der Waals surface area (Å²) in [4.78, 5) is 13.8. The minimum atomic E-state index is -0.854. The van der Waals surface area contributed by atoms with Crippen molar-refractivity contribution in [3.05, 3.63) is 71.9 Å². The molecule has 0 spiro atoms. The van der Waals surface area contributed by atoms with Crippen molar-refractivity contribution in [1.82, 2.24) is 19.8 Å². The van der Waals surface area contributed by atoms with Gasteiger partial charge in [-0.3, -0.25) is 19.0 Å². The van der Waals surface area contributed by atoms with Crippen molar-refractivity contribution >= 4 is 21.8 Å². The zero-order chi connectivity index (χ0) is 30.5. The molecule has 0 amide bonds. The number of hydrogen-bond donors (Lipinski definition) is 0. The van der Waals surface area contributed by atoms with E-state index in [0.29, 0.717) is 70.6 Å². The SMILES string of the molecule is COc1cc(-c2cnc3cccc(-c4cc(F)c(CN5CCS(=O)CC5)c(F)c4)c3n2)ccc1OCCCN1CCOCC1. The maximum atomic E-state index is 15.3. The fourth-order valence-electron chi connectivity index (χ4n) is 5.61. The van der Waals surface area contributed by atoms with Gasteiger partial charge in [0, 0.05) is 78.3 Å². The molecule has 0 saturated carbocycles. The fraction of sp³-hybridized carbons (Fsp3) is 0.394. The first-order chi connectivity index (χ1) is 21.5. The Bertz CT molecular complexity index is 1620. The highest BCUT2D eigenvalue weighted by Crippen LogP contribution is 2.34. The normalized spacial score (nSPS) is 16.8. The number of morpholine rings is 1. The van der Waals surface area contributed by atoms with Crippen molar-refractivity contribution in [2.45, 2.75) is 13.0 Å². The van der Waals surface area contributed by atoms with E-state index in [9.17, 15) is 4.21 Å². The quantitative estimate of drug-likeness (QED) is 0.231. The predicted molar refractivity (Wildman–Crippen MR) is 167 cm³/mol. The van der Waals surface area contributed by atoms with E-state index >= 15 is 8.78 Å². The van der Waals surface area contributed by atoms with E-state index in [-0.39, 0.29) is 12.1 Å². The molecule has 2 aliphatic heterocycles. The zero-order valence-electron chi connectivity index (χ0n) is 24.8. The topological polar surface area (TPSA) is 77.0 Å². The number of benzene rings is 3.